The molecule has 0 fully saturated rings. The third-order valence-corrected chi connectivity index (χ3v) is 2.71. The summed E-state index contributed by atoms with van der Waals surface area (Å²) >= 11 is 0. The van der Waals surface area contributed by atoms with Gasteiger partial charge < -0.3 is 0 Å². The van der Waals surface area contributed by atoms with Crippen LogP contribution in [0.15, 0.2) is 43.0 Å². The third-order valence-electron chi connectivity index (χ3n) is 2.71. The summed E-state index contributed by atoms with van der Waals surface area (Å²) < 4.78 is 3.63. The van der Waals surface area contributed by atoms with Gasteiger partial charge in [0.25, 0.3) is 0 Å². The van der Waals surface area contributed by atoms with Gasteiger partial charge in [0, 0.05) is 18.6 Å². The SMILES string of the molecule is [c]1nc2ncccc2n1-c1cn2cccnc2n1. The number of aromatic nitrogens is 6. The van der Waals surface area contributed by atoms with Gasteiger partial charge in [-0.25, -0.2) is 15.0 Å². The Morgan fingerprint density at radius 2 is 2.06 bits per heavy atom. The highest BCUT2D eigenvalue weighted by Crippen LogP contribution is 2.15. The van der Waals surface area contributed by atoms with Crippen LogP contribution in [0.2, 0.25) is 0 Å². The van der Waals surface area contributed by atoms with Crippen LogP contribution in [0.3, 0.4) is 0 Å². The minimum Gasteiger partial charge on any atom is -0.289 e. The van der Waals surface area contributed by atoms with Crippen LogP contribution < -0.4 is 0 Å². The molecule has 0 saturated heterocycles. The normalized spacial score (nSPS) is 11.3. The summed E-state index contributed by atoms with van der Waals surface area (Å²) in [6.45, 7) is 0. The van der Waals surface area contributed by atoms with Crippen LogP contribution in [0.25, 0.3) is 22.8 Å². The summed E-state index contributed by atoms with van der Waals surface area (Å²) in [6.07, 6.45) is 10.1. The fraction of sp³-hybridized carbons (Fsp3) is 0. The van der Waals surface area contributed by atoms with Crippen LogP contribution in [0.1, 0.15) is 0 Å². The third kappa shape index (κ3) is 1.22. The molecule has 0 aliphatic carbocycles. The van der Waals surface area contributed by atoms with Gasteiger partial charge in [-0.3, -0.25) is 8.97 Å². The van der Waals surface area contributed by atoms with E-state index in [0.29, 0.717) is 11.4 Å². The van der Waals surface area contributed by atoms with Crippen LogP contribution in [-0.2, 0) is 0 Å². The lowest BCUT2D eigenvalue weighted by atomic mass is 10.4. The first kappa shape index (κ1) is 9.29. The molecule has 4 aromatic heterocycles. The van der Waals surface area contributed by atoms with Gasteiger partial charge in [0.05, 0.1) is 11.7 Å². The number of fused-ring (bicyclic) bond motifs is 2. The molecule has 0 bridgehead atoms. The van der Waals surface area contributed by atoms with E-state index in [-0.39, 0.29) is 0 Å². The van der Waals surface area contributed by atoms with Gasteiger partial charge in [-0.1, -0.05) is 0 Å². The zero-order chi connectivity index (χ0) is 11.9. The summed E-state index contributed by atoms with van der Waals surface area (Å²) in [5, 5.41) is 0. The van der Waals surface area contributed by atoms with Gasteiger partial charge in [-0.05, 0) is 18.2 Å². The highest BCUT2D eigenvalue weighted by molar-refractivity contribution is 5.72. The Labute approximate surface area is 102 Å². The molecule has 0 unspecified atom stereocenters. The maximum absolute atomic E-state index is 4.42. The number of hydrogen-bond acceptors (Lipinski definition) is 4. The standard InChI is InChI=1S/C12H7N6/c1-3-9-11(13-4-1)15-8-18(9)10-7-17-6-2-5-14-12(17)16-10/h1-7H. The molecule has 18 heavy (non-hydrogen) atoms. The van der Waals surface area contributed by atoms with Crippen molar-refractivity contribution in [1.29, 1.82) is 0 Å². The monoisotopic (exact) mass is 235 g/mol. The van der Waals surface area contributed by atoms with E-state index in [4.69, 9.17) is 0 Å². The molecule has 6 nitrogen and oxygen atoms in total. The second-order valence-electron chi connectivity index (χ2n) is 3.82. The predicted octanol–water partition coefficient (Wildman–Crippen LogP) is 1.26. The molecule has 0 aliphatic heterocycles. The smallest absolute Gasteiger partial charge is 0.235 e. The lowest BCUT2D eigenvalue weighted by Gasteiger charge is -1.96. The second-order valence-corrected chi connectivity index (χ2v) is 3.82. The zero-order valence-electron chi connectivity index (χ0n) is 9.22. The zero-order valence-corrected chi connectivity index (χ0v) is 9.22. The van der Waals surface area contributed by atoms with Gasteiger partial charge in [0.15, 0.2) is 17.8 Å². The summed E-state index contributed by atoms with van der Waals surface area (Å²) in [5.74, 6) is 1.37. The van der Waals surface area contributed by atoms with E-state index < -0.39 is 0 Å². The molecule has 0 amide bonds. The first-order valence-corrected chi connectivity index (χ1v) is 5.43. The molecule has 0 saturated carbocycles. The maximum atomic E-state index is 4.42. The number of imidazole rings is 2. The Bertz CT molecular complexity index is 811. The van der Waals surface area contributed by atoms with Gasteiger partial charge in [-0.2, -0.15) is 4.98 Å². The molecule has 0 atom stereocenters. The van der Waals surface area contributed by atoms with Crippen molar-refractivity contribution in [1.82, 2.24) is 28.9 Å². The Balaban J connectivity index is 2.01. The fourth-order valence-corrected chi connectivity index (χ4v) is 1.90. The van der Waals surface area contributed by atoms with Crippen LogP contribution in [-0.4, -0.2) is 28.9 Å². The van der Waals surface area contributed by atoms with E-state index in [2.05, 4.69) is 26.3 Å². The van der Waals surface area contributed by atoms with E-state index in [1.54, 1.807) is 17.0 Å². The first-order chi connectivity index (χ1) is 8.92. The molecule has 4 aromatic rings. The van der Waals surface area contributed by atoms with Crippen molar-refractivity contribution in [3.63, 3.8) is 0 Å². The van der Waals surface area contributed by atoms with Gasteiger partial charge in [0.1, 0.15) is 0 Å². The molecular weight excluding hydrogens is 228 g/mol. The topological polar surface area (TPSA) is 60.9 Å². The molecule has 4 heterocycles. The van der Waals surface area contributed by atoms with Crippen LogP contribution in [0.4, 0.5) is 0 Å². The molecule has 1 radical (unpaired) electrons. The average Bonchev–Trinajstić information content (AvgIpc) is 3.02. The summed E-state index contributed by atoms with van der Waals surface area (Å²) in [4.78, 5) is 16.9. The Morgan fingerprint density at radius 3 is 3.00 bits per heavy atom. The first-order valence-electron chi connectivity index (χ1n) is 5.43. The highest BCUT2D eigenvalue weighted by Gasteiger charge is 2.09. The molecule has 0 N–H and O–H groups in total. The lowest BCUT2D eigenvalue weighted by molar-refractivity contribution is 1.03. The van der Waals surface area contributed by atoms with Gasteiger partial charge in [-0.15, -0.1) is 0 Å². The van der Waals surface area contributed by atoms with Crippen LogP contribution >= 0.6 is 0 Å². The number of nitrogens with zero attached hydrogens (tertiary/aromatic N) is 6. The Kier molecular flexibility index (Phi) is 1.74. The van der Waals surface area contributed by atoms with Crippen molar-refractivity contribution in [2.75, 3.05) is 0 Å². The molecule has 0 spiro atoms. The highest BCUT2D eigenvalue weighted by atomic mass is 15.2. The minimum atomic E-state index is 0.645. The van der Waals surface area contributed by atoms with E-state index >= 15 is 0 Å². The van der Waals surface area contributed by atoms with Crippen molar-refractivity contribution in [2.45, 2.75) is 0 Å². The van der Waals surface area contributed by atoms with E-state index in [0.717, 1.165) is 11.3 Å². The van der Waals surface area contributed by atoms with Crippen molar-refractivity contribution in [3.8, 4) is 5.82 Å². The van der Waals surface area contributed by atoms with E-state index in [1.165, 1.54) is 0 Å². The number of pyridine rings is 1. The Morgan fingerprint density at radius 1 is 1.11 bits per heavy atom. The quantitative estimate of drug-likeness (QED) is 0.498. The van der Waals surface area contributed by atoms with Crippen LogP contribution in [0.5, 0.6) is 0 Å². The lowest BCUT2D eigenvalue weighted by Crippen LogP contribution is -1.92. The van der Waals surface area contributed by atoms with Crippen molar-refractivity contribution < 1.29 is 0 Å². The average molecular weight is 235 g/mol. The molecule has 6 heteroatoms. The minimum absolute atomic E-state index is 0.645. The molecular formula is C12H7N6. The number of hydrogen-bond donors (Lipinski definition) is 0. The van der Waals surface area contributed by atoms with Crippen molar-refractivity contribution in [3.05, 3.63) is 49.3 Å². The summed E-state index contributed by atoms with van der Waals surface area (Å²) in [6, 6.07) is 5.65. The second kappa shape index (κ2) is 3.36. The summed E-state index contributed by atoms with van der Waals surface area (Å²) in [7, 11) is 0. The van der Waals surface area contributed by atoms with E-state index in [1.807, 2.05) is 35.0 Å². The molecule has 4 rings (SSSR count). The fourth-order valence-electron chi connectivity index (χ4n) is 1.90. The van der Waals surface area contributed by atoms with E-state index in [9.17, 15) is 0 Å². The molecule has 85 valence electrons. The molecule has 0 aromatic carbocycles. The van der Waals surface area contributed by atoms with Gasteiger partial charge >= 0.3 is 0 Å². The summed E-state index contributed by atoms with van der Waals surface area (Å²) in [5.41, 5.74) is 1.53. The number of rotatable bonds is 1. The molecule has 0 aliphatic rings. The maximum Gasteiger partial charge on any atom is 0.235 e. The largest absolute Gasteiger partial charge is 0.289 e. The van der Waals surface area contributed by atoms with Crippen molar-refractivity contribution in [2.24, 2.45) is 0 Å². The predicted molar refractivity (Wildman–Crippen MR) is 64.2 cm³/mol. The van der Waals surface area contributed by atoms with Gasteiger partial charge in [0.2, 0.25) is 5.78 Å². The van der Waals surface area contributed by atoms with Crippen LogP contribution in [0, 0.1) is 6.33 Å². The van der Waals surface area contributed by atoms with Crippen molar-refractivity contribution >= 4 is 16.9 Å². The Hall–Kier alpha value is -2.76.